The van der Waals surface area contributed by atoms with Gasteiger partial charge in [-0.3, -0.25) is 4.79 Å². The molecule has 0 saturated carbocycles. The van der Waals surface area contributed by atoms with Crippen molar-refractivity contribution in [1.82, 2.24) is 19.8 Å². The third-order valence-corrected chi connectivity index (χ3v) is 5.39. The quantitative estimate of drug-likeness (QED) is 0.482. The molecule has 1 fully saturated rings. The van der Waals surface area contributed by atoms with Gasteiger partial charge in [0.1, 0.15) is 17.1 Å². The number of aromatic nitrogens is 2. The maximum Gasteiger partial charge on any atom is 0.250 e. The van der Waals surface area contributed by atoms with E-state index in [-0.39, 0.29) is 37.2 Å². The van der Waals surface area contributed by atoms with E-state index in [1.54, 1.807) is 12.1 Å². The van der Waals surface area contributed by atoms with Crippen molar-refractivity contribution in [2.75, 3.05) is 46.4 Å². The van der Waals surface area contributed by atoms with E-state index in [9.17, 15) is 4.79 Å². The number of carbonyl (C=O) groups is 1. The van der Waals surface area contributed by atoms with Crippen LogP contribution in [0.2, 0.25) is 0 Å². The van der Waals surface area contributed by atoms with Crippen LogP contribution in [-0.2, 0) is 0 Å². The molecule has 1 amide bonds. The fourth-order valence-corrected chi connectivity index (χ4v) is 3.63. The first-order valence-electron chi connectivity index (χ1n) is 10.0. The molecule has 7 nitrogen and oxygen atoms in total. The van der Waals surface area contributed by atoms with E-state index in [0.717, 1.165) is 56.0 Å². The lowest BCUT2D eigenvalue weighted by atomic mass is 10.2. The number of halogens is 3. The smallest absolute Gasteiger partial charge is 0.250 e. The molecule has 0 unspecified atom stereocenters. The second-order valence-electron chi connectivity index (χ2n) is 7.52. The number of aromatic amines is 1. The number of ether oxygens (including phenoxy) is 1. The van der Waals surface area contributed by atoms with Crippen LogP contribution in [0.15, 0.2) is 42.5 Å². The number of benzene rings is 2. The minimum Gasteiger partial charge on any atom is -0.494 e. The van der Waals surface area contributed by atoms with Crippen LogP contribution in [0.25, 0.3) is 22.4 Å². The second-order valence-corrected chi connectivity index (χ2v) is 7.52. The molecule has 10 heteroatoms. The van der Waals surface area contributed by atoms with Crippen LogP contribution in [-0.4, -0.2) is 72.1 Å². The first-order valence-corrected chi connectivity index (χ1v) is 10.0. The highest BCUT2D eigenvalue weighted by molar-refractivity contribution is 6.04. The van der Waals surface area contributed by atoms with Crippen molar-refractivity contribution < 1.29 is 9.53 Å². The van der Waals surface area contributed by atoms with Gasteiger partial charge in [-0.1, -0.05) is 6.07 Å². The lowest BCUT2D eigenvalue weighted by Crippen LogP contribution is -2.44. The first kappa shape index (κ1) is 28.0. The van der Waals surface area contributed by atoms with Crippen LogP contribution in [0.4, 0.5) is 0 Å². The Morgan fingerprint density at radius 2 is 1.75 bits per heavy atom. The van der Waals surface area contributed by atoms with Crippen LogP contribution >= 0.6 is 37.2 Å². The van der Waals surface area contributed by atoms with Crippen LogP contribution in [0.5, 0.6) is 5.75 Å². The molecule has 0 aliphatic carbocycles. The highest BCUT2D eigenvalue weighted by Gasteiger charge is 2.13. The van der Waals surface area contributed by atoms with Crippen molar-refractivity contribution in [1.29, 1.82) is 0 Å². The summed E-state index contributed by atoms with van der Waals surface area (Å²) in [6.45, 7) is 6.35. The summed E-state index contributed by atoms with van der Waals surface area (Å²) >= 11 is 0. The van der Waals surface area contributed by atoms with E-state index in [4.69, 9.17) is 10.5 Å². The number of hydrogen-bond acceptors (Lipinski definition) is 5. The van der Waals surface area contributed by atoms with Crippen molar-refractivity contribution in [3.8, 4) is 17.1 Å². The Balaban J connectivity index is 0.00000171. The molecule has 32 heavy (non-hydrogen) atoms. The summed E-state index contributed by atoms with van der Waals surface area (Å²) in [5, 5.41) is 0. The highest BCUT2D eigenvalue weighted by Crippen LogP contribution is 2.24. The van der Waals surface area contributed by atoms with Gasteiger partial charge in [0.25, 0.3) is 5.91 Å². The number of hydrogen-bond donors (Lipinski definition) is 2. The van der Waals surface area contributed by atoms with E-state index >= 15 is 0 Å². The summed E-state index contributed by atoms with van der Waals surface area (Å²) in [7, 11) is 2.17. The normalized spacial score (nSPS) is 14.2. The van der Waals surface area contributed by atoms with Gasteiger partial charge in [0.05, 0.1) is 17.7 Å². The molecular formula is C22H30Cl3N5O2. The first-order chi connectivity index (χ1) is 14.1. The number of likely N-dealkylation sites (N-methyl/N-ethyl adjacent to an activating group) is 1. The van der Waals surface area contributed by atoms with Crippen LogP contribution in [0.3, 0.4) is 0 Å². The fraction of sp³-hybridized carbons (Fsp3) is 0.364. The van der Waals surface area contributed by atoms with Gasteiger partial charge in [-0.05, 0) is 49.9 Å². The molecule has 2 aromatic carbocycles. The van der Waals surface area contributed by atoms with Crippen molar-refractivity contribution in [3.05, 3.63) is 48.0 Å². The zero-order chi connectivity index (χ0) is 20.2. The van der Waals surface area contributed by atoms with Gasteiger partial charge < -0.3 is 25.3 Å². The molecule has 0 atom stereocenters. The number of nitrogens with one attached hydrogen (secondary N) is 1. The SMILES string of the molecule is CN1CCN(CCCOc2ccc(-c3nc4c(C(N)=O)cccc4[nH]3)cc2)CC1.Cl.Cl.Cl. The zero-order valence-corrected chi connectivity index (χ0v) is 20.4. The summed E-state index contributed by atoms with van der Waals surface area (Å²) in [5.41, 5.74) is 8.19. The average molecular weight is 503 g/mol. The molecule has 1 aromatic heterocycles. The Hall–Kier alpha value is -2.03. The van der Waals surface area contributed by atoms with Gasteiger partial charge in [0.2, 0.25) is 0 Å². The van der Waals surface area contributed by atoms with Crippen LogP contribution in [0, 0.1) is 0 Å². The predicted octanol–water partition coefficient (Wildman–Crippen LogP) is 3.61. The van der Waals surface area contributed by atoms with E-state index in [1.165, 1.54) is 0 Å². The monoisotopic (exact) mass is 501 g/mol. The Morgan fingerprint density at radius 1 is 1.06 bits per heavy atom. The molecule has 1 saturated heterocycles. The summed E-state index contributed by atoms with van der Waals surface area (Å²) in [6.07, 6.45) is 1.02. The maximum absolute atomic E-state index is 11.6. The molecule has 4 rings (SSSR count). The fourth-order valence-electron chi connectivity index (χ4n) is 3.63. The number of rotatable bonds is 7. The lowest BCUT2D eigenvalue weighted by Gasteiger charge is -2.32. The summed E-state index contributed by atoms with van der Waals surface area (Å²) in [6, 6.07) is 13.2. The number of amides is 1. The third-order valence-electron chi connectivity index (χ3n) is 5.39. The molecule has 1 aliphatic heterocycles. The largest absolute Gasteiger partial charge is 0.494 e. The molecule has 3 aromatic rings. The topological polar surface area (TPSA) is 87.5 Å². The lowest BCUT2D eigenvalue weighted by molar-refractivity contribution is 0.100. The van der Waals surface area contributed by atoms with E-state index < -0.39 is 5.91 Å². The molecule has 3 N–H and O–H groups in total. The third kappa shape index (κ3) is 6.73. The Labute approximate surface area is 206 Å². The van der Waals surface area contributed by atoms with Crippen molar-refractivity contribution >= 4 is 54.2 Å². The standard InChI is InChI=1S/C22H27N5O2.3ClH/c1-26-11-13-27(14-12-26)10-3-15-29-17-8-6-16(7-9-17)22-24-19-5-2-4-18(21(23)28)20(19)25-22;;;/h2,4-9H,3,10-15H2,1H3,(H2,23,28)(H,24,25);3*1H. The van der Waals surface area contributed by atoms with Gasteiger partial charge in [-0.2, -0.15) is 0 Å². The number of nitrogens with zero attached hydrogens (tertiary/aromatic N) is 3. The van der Waals surface area contributed by atoms with Gasteiger partial charge in [0, 0.05) is 38.3 Å². The molecule has 0 radical (unpaired) electrons. The number of fused-ring (bicyclic) bond motifs is 1. The number of piperazine rings is 1. The summed E-state index contributed by atoms with van der Waals surface area (Å²) in [4.78, 5) is 24.3. The Bertz CT molecular complexity index is 989. The second kappa shape index (κ2) is 12.9. The molecule has 0 spiro atoms. The maximum atomic E-state index is 11.6. The molecule has 0 bridgehead atoms. The number of imidazole rings is 1. The van der Waals surface area contributed by atoms with Crippen molar-refractivity contribution in [2.24, 2.45) is 5.73 Å². The van der Waals surface area contributed by atoms with Crippen molar-refractivity contribution in [2.45, 2.75) is 6.42 Å². The van der Waals surface area contributed by atoms with Gasteiger partial charge >= 0.3 is 0 Å². The number of nitrogens with two attached hydrogens (primary N) is 1. The van der Waals surface area contributed by atoms with E-state index in [2.05, 4.69) is 26.8 Å². The van der Waals surface area contributed by atoms with Crippen molar-refractivity contribution in [3.63, 3.8) is 0 Å². The summed E-state index contributed by atoms with van der Waals surface area (Å²) < 4.78 is 5.89. The molecule has 2 heterocycles. The Morgan fingerprint density at radius 3 is 2.41 bits per heavy atom. The number of primary amides is 1. The predicted molar refractivity (Wildman–Crippen MR) is 136 cm³/mol. The Kier molecular flexibility index (Phi) is 11.3. The average Bonchev–Trinajstić information content (AvgIpc) is 3.17. The van der Waals surface area contributed by atoms with Gasteiger partial charge in [-0.25, -0.2) is 4.98 Å². The molecular weight excluding hydrogens is 473 g/mol. The number of H-pyrrole nitrogens is 1. The van der Waals surface area contributed by atoms with Crippen LogP contribution < -0.4 is 10.5 Å². The van der Waals surface area contributed by atoms with Gasteiger partial charge in [-0.15, -0.1) is 37.2 Å². The minimum absolute atomic E-state index is 0. The van der Waals surface area contributed by atoms with Gasteiger partial charge in [0.15, 0.2) is 0 Å². The van der Waals surface area contributed by atoms with E-state index in [0.29, 0.717) is 23.5 Å². The summed E-state index contributed by atoms with van der Waals surface area (Å²) in [5.74, 6) is 1.07. The molecule has 176 valence electrons. The highest BCUT2D eigenvalue weighted by atomic mass is 35.5. The van der Waals surface area contributed by atoms with E-state index in [1.807, 2.05) is 30.3 Å². The van der Waals surface area contributed by atoms with Crippen LogP contribution in [0.1, 0.15) is 16.8 Å². The zero-order valence-electron chi connectivity index (χ0n) is 18.0. The number of carbonyl (C=O) groups excluding carboxylic acids is 1. The number of para-hydroxylation sites is 1. The minimum atomic E-state index is -0.478. The molecule has 1 aliphatic rings.